The summed E-state index contributed by atoms with van der Waals surface area (Å²) in [6.07, 6.45) is 3.68. The molecule has 1 saturated heterocycles. The van der Waals surface area contributed by atoms with Crippen LogP contribution in [0.3, 0.4) is 0 Å². The van der Waals surface area contributed by atoms with Gasteiger partial charge in [0.2, 0.25) is 5.91 Å². The molecule has 92 valence electrons. The van der Waals surface area contributed by atoms with Gasteiger partial charge in [0.05, 0.1) is 0 Å². The summed E-state index contributed by atoms with van der Waals surface area (Å²) in [5.41, 5.74) is 7.89. The molecule has 1 amide bonds. The van der Waals surface area contributed by atoms with Gasteiger partial charge in [-0.15, -0.1) is 0 Å². The Labute approximate surface area is 102 Å². The summed E-state index contributed by atoms with van der Waals surface area (Å²) in [6.45, 7) is 2.17. The molecule has 0 bridgehead atoms. The molecule has 3 heteroatoms. The molecule has 1 aromatic carbocycles. The molecule has 17 heavy (non-hydrogen) atoms. The average Bonchev–Trinajstić information content (AvgIpc) is 2.38. The lowest BCUT2D eigenvalue weighted by Gasteiger charge is -2.25. The first-order valence-corrected chi connectivity index (χ1v) is 6.34. The Kier molecular flexibility index (Phi) is 4.15. The Morgan fingerprint density at radius 3 is 2.94 bits per heavy atom. The zero-order valence-corrected chi connectivity index (χ0v) is 10.1. The van der Waals surface area contributed by atoms with Crippen molar-refractivity contribution in [2.24, 2.45) is 5.73 Å². The van der Waals surface area contributed by atoms with Crippen LogP contribution in [0.4, 0.5) is 0 Å². The predicted molar refractivity (Wildman–Crippen MR) is 68.8 cm³/mol. The summed E-state index contributed by atoms with van der Waals surface area (Å²) < 4.78 is 0. The number of carbonyl (C=O) groups is 1. The predicted octanol–water partition coefficient (Wildman–Crippen LogP) is 1.57. The van der Waals surface area contributed by atoms with Crippen molar-refractivity contribution in [3.8, 4) is 0 Å². The van der Waals surface area contributed by atoms with Gasteiger partial charge in [0, 0.05) is 13.0 Å². The second-order valence-corrected chi connectivity index (χ2v) is 4.71. The second kappa shape index (κ2) is 5.82. The summed E-state index contributed by atoms with van der Waals surface area (Å²) >= 11 is 0. The molecular weight excluding hydrogens is 212 g/mol. The van der Waals surface area contributed by atoms with Gasteiger partial charge >= 0.3 is 0 Å². The lowest BCUT2D eigenvalue weighted by atomic mass is 9.87. The van der Waals surface area contributed by atoms with Crippen molar-refractivity contribution in [3.63, 3.8) is 0 Å². The topological polar surface area (TPSA) is 55.1 Å². The minimum Gasteiger partial charge on any atom is -0.370 e. The van der Waals surface area contributed by atoms with E-state index in [1.54, 1.807) is 0 Å². The van der Waals surface area contributed by atoms with E-state index in [-0.39, 0.29) is 5.91 Å². The van der Waals surface area contributed by atoms with Crippen LogP contribution in [0.2, 0.25) is 0 Å². The van der Waals surface area contributed by atoms with Gasteiger partial charge < -0.3 is 11.1 Å². The number of aryl methyl sites for hydroxylation is 1. The lowest BCUT2D eigenvalue weighted by molar-refractivity contribution is -0.117. The standard InChI is InChI=1S/C14H20N2O/c15-14(17)8-7-11-4-1-2-6-13(11)12-5-3-9-16-10-12/h1-2,4,6,12,16H,3,5,7-10H2,(H2,15,17). The van der Waals surface area contributed by atoms with Crippen molar-refractivity contribution < 1.29 is 4.79 Å². The van der Waals surface area contributed by atoms with Crippen molar-refractivity contribution in [1.29, 1.82) is 0 Å². The monoisotopic (exact) mass is 232 g/mol. The van der Waals surface area contributed by atoms with E-state index in [0.29, 0.717) is 12.3 Å². The maximum absolute atomic E-state index is 10.9. The third-order valence-electron chi connectivity index (χ3n) is 3.43. The summed E-state index contributed by atoms with van der Waals surface area (Å²) in [4.78, 5) is 10.9. The fourth-order valence-corrected chi connectivity index (χ4v) is 2.54. The third-order valence-corrected chi connectivity index (χ3v) is 3.43. The van der Waals surface area contributed by atoms with Crippen LogP contribution in [0, 0.1) is 0 Å². The van der Waals surface area contributed by atoms with Crippen LogP contribution in [-0.4, -0.2) is 19.0 Å². The fourth-order valence-electron chi connectivity index (χ4n) is 2.54. The van der Waals surface area contributed by atoms with E-state index in [1.165, 1.54) is 24.0 Å². The molecule has 1 fully saturated rings. The molecule has 0 aliphatic carbocycles. The van der Waals surface area contributed by atoms with Crippen molar-refractivity contribution in [3.05, 3.63) is 35.4 Å². The van der Waals surface area contributed by atoms with Gasteiger partial charge in [0.15, 0.2) is 0 Å². The van der Waals surface area contributed by atoms with E-state index in [4.69, 9.17) is 5.73 Å². The maximum atomic E-state index is 10.9. The SMILES string of the molecule is NC(=O)CCc1ccccc1C1CCCNC1. The number of hydrogen-bond donors (Lipinski definition) is 2. The van der Waals surface area contributed by atoms with Crippen molar-refractivity contribution >= 4 is 5.91 Å². The number of nitrogens with two attached hydrogens (primary N) is 1. The molecule has 1 heterocycles. The fraction of sp³-hybridized carbons (Fsp3) is 0.500. The number of amides is 1. The molecule has 0 saturated carbocycles. The molecule has 0 radical (unpaired) electrons. The highest BCUT2D eigenvalue weighted by Crippen LogP contribution is 2.26. The van der Waals surface area contributed by atoms with E-state index in [1.807, 2.05) is 6.07 Å². The minimum atomic E-state index is -0.221. The Morgan fingerprint density at radius 1 is 1.41 bits per heavy atom. The molecule has 1 aliphatic heterocycles. The number of carbonyl (C=O) groups excluding carboxylic acids is 1. The first-order valence-electron chi connectivity index (χ1n) is 6.34. The average molecular weight is 232 g/mol. The Bertz CT molecular complexity index is 384. The van der Waals surface area contributed by atoms with E-state index >= 15 is 0 Å². The molecular formula is C14H20N2O. The number of piperidine rings is 1. The van der Waals surface area contributed by atoms with Gasteiger partial charge in [-0.05, 0) is 42.9 Å². The van der Waals surface area contributed by atoms with Gasteiger partial charge in [0.25, 0.3) is 0 Å². The number of primary amides is 1. The summed E-state index contributed by atoms with van der Waals surface area (Å²) in [6, 6.07) is 8.43. The van der Waals surface area contributed by atoms with Gasteiger partial charge in [-0.3, -0.25) is 4.79 Å². The van der Waals surface area contributed by atoms with Crippen LogP contribution in [0.1, 0.15) is 36.3 Å². The number of nitrogens with one attached hydrogen (secondary N) is 1. The van der Waals surface area contributed by atoms with Crippen LogP contribution < -0.4 is 11.1 Å². The molecule has 1 unspecified atom stereocenters. The number of rotatable bonds is 4. The van der Waals surface area contributed by atoms with Crippen LogP contribution in [-0.2, 0) is 11.2 Å². The quantitative estimate of drug-likeness (QED) is 0.828. The Morgan fingerprint density at radius 2 is 2.24 bits per heavy atom. The zero-order valence-electron chi connectivity index (χ0n) is 10.1. The Balaban J connectivity index is 2.11. The van der Waals surface area contributed by atoms with E-state index in [2.05, 4.69) is 23.5 Å². The highest BCUT2D eigenvalue weighted by molar-refractivity contribution is 5.74. The van der Waals surface area contributed by atoms with E-state index in [9.17, 15) is 4.79 Å². The largest absolute Gasteiger partial charge is 0.370 e. The normalized spacial score (nSPS) is 20.1. The molecule has 1 aliphatic rings. The highest BCUT2D eigenvalue weighted by Gasteiger charge is 2.17. The molecule has 3 N–H and O–H groups in total. The molecule has 0 aromatic heterocycles. The van der Waals surface area contributed by atoms with Crippen molar-refractivity contribution in [2.75, 3.05) is 13.1 Å². The second-order valence-electron chi connectivity index (χ2n) is 4.71. The van der Waals surface area contributed by atoms with Gasteiger partial charge in [-0.2, -0.15) is 0 Å². The van der Waals surface area contributed by atoms with Gasteiger partial charge in [0.1, 0.15) is 0 Å². The van der Waals surface area contributed by atoms with Crippen LogP contribution in [0.25, 0.3) is 0 Å². The Hall–Kier alpha value is -1.35. The first kappa shape index (κ1) is 12.1. The minimum absolute atomic E-state index is 0.221. The molecule has 1 atom stereocenters. The molecule has 3 nitrogen and oxygen atoms in total. The summed E-state index contributed by atoms with van der Waals surface area (Å²) in [5.74, 6) is 0.370. The van der Waals surface area contributed by atoms with E-state index < -0.39 is 0 Å². The van der Waals surface area contributed by atoms with Crippen molar-refractivity contribution in [2.45, 2.75) is 31.6 Å². The molecule has 2 rings (SSSR count). The number of hydrogen-bond acceptors (Lipinski definition) is 2. The van der Waals surface area contributed by atoms with Crippen LogP contribution in [0.5, 0.6) is 0 Å². The molecule has 0 spiro atoms. The third kappa shape index (κ3) is 3.30. The number of benzene rings is 1. The first-order chi connectivity index (χ1) is 8.27. The lowest BCUT2D eigenvalue weighted by Crippen LogP contribution is -2.29. The van der Waals surface area contributed by atoms with Crippen LogP contribution >= 0.6 is 0 Å². The highest BCUT2D eigenvalue weighted by atomic mass is 16.1. The van der Waals surface area contributed by atoms with E-state index in [0.717, 1.165) is 19.5 Å². The summed E-state index contributed by atoms with van der Waals surface area (Å²) in [5, 5.41) is 3.43. The smallest absolute Gasteiger partial charge is 0.217 e. The summed E-state index contributed by atoms with van der Waals surface area (Å²) in [7, 11) is 0. The van der Waals surface area contributed by atoms with Crippen molar-refractivity contribution in [1.82, 2.24) is 5.32 Å². The zero-order chi connectivity index (χ0) is 12.1. The van der Waals surface area contributed by atoms with Crippen LogP contribution in [0.15, 0.2) is 24.3 Å². The maximum Gasteiger partial charge on any atom is 0.217 e. The van der Waals surface area contributed by atoms with Gasteiger partial charge in [-0.1, -0.05) is 24.3 Å². The van der Waals surface area contributed by atoms with Gasteiger partial charge in [-0.25, -0.2) is 0 Å². The molecule has 1 aromatic rings.